The van der Waals surface area contributed by atoms with Crippen molar-refractivity contribution in [2.24, 2.45) is 5.92 Å². The quantitative estimate of drug-likeness (QED) is 0.773. The molecule has 0 unspecified atom stereocenters. The summed E-state index contributed by atoms with van der Waals surface area (Å²) in [5, 5.41) is 8.67. The molecule has 1 aromatic carbocycles. The van der Waals surface area contributed by atoms with E-state index >= 15 is 0 Å². The largest absolute Gasteiger partial charge is 0.378 e. The fourth-order valence-corrected chi connectivity index (χ4v) is 5.07. The third kappa shape index (κ3) is 4.10. The first-order valence-corrected chi connectivity index (χ1v) is 10.7. The zero-order chi connectivity index (χ0) is 17.9. The number of thiocarbonyl (C=S) groups is 1. The number of benzene rings is 1. The fraction of sp³-hybridized carbons (Fsp3) is 0.579. The highest BCUT2D eigenvalue weighted by atomic mass is 32.1. The predicted octanol–water partition coefficient (Wildman–Crippen LogP) is 4.00. The molecule has 1 saturated heterocycles. The molecule has 1 aromatic heterocycles. The van der Waals surface area contributed by atoms with Crippen molar-refractivity contribution < 1.29 is 4.74 Å². The molecule has 1 aliphatic heterocycles. The van der Waals surface area contributed by atoms with Crippen LogP contribution in [-0.2, 0) is 4.74 Å². The van der Waals surface area contributed by atoms with Crippen molar-refractivity contribution in [1.29, 1.82) is 0 Å². The molecule has 140 valence electrons. The highest BCUT2D eigenvalue weighted by Crippen LogP contribution is 2.31. The SMILES string of the molecule is C[C@H]1CCCC[C@H]1NC(=S)Nc1ccc2nc(N3CCOCC3)sc2c1. The molecule has 26 heavy (non-hydrogen) atoms. The number of anilines is 2. The van der Waals surface area contributed by atoms with Crippen LogP contribution < -0.4 is 15.5 Å². The van der Waals surface area contributed by atoms with Gasteiger partial charge in [0.1, 0.15) is 0 Å². The second-order valence-corrected chi connectivity index (χ2v) is 8.66. The minimum absolute atomic E-state index is 0.490. The van der Waals surface area contributed by atoms with Crippen LogP contribution in [0, 0.1) is 5.92 Å². The maximum absolute atomic E-state index is 5.54. The van der Waals surface area contributed by atoms with Gasteiger partial charge in [0, 0.05) is 24.8 Å². The summed E-state index contributed by atoms with van der Waals surface area (Å²) in [5.74, 6) is 0.684. The smallest absolute Gasteiger partial charge is 0.186 e. The standard InChI is InChI=1S/C19H26N4OS2/c1-13-4-2-3-5-15(13)21-18(25)20-14-6-7-16-17(12-14)26-19(22-16)23-8-10-24-11-9-23/h6-7,12-13,15H,2-5,8-11H2,1H3,(H2,20,21,25)/t13-,15+/m0/s1. The second-order valence-electron chi connectivity index (χ2n) is 7.25. The lowest BCUT2D eigenvalue weighted by Crippen LogP contribution is -2.43. The Hall–Kier alpha value is -1.44. The third-order valence-electron chi connectivity index (χ3n) is 5.34. The summed E-state index contributed by atoms with van der Waals surface area (Å²) in [7, 11) is 0. The van der Waals surface area contributed by atoms with E-state index in [1.165, 1.54) is 30.4 Å². The first kappa shape index (κ1) is 17.9. The Morgan fingerprint density at radius 1 is 1.27 bits per heavy atom. The van der Waals surface area contributed by atoms with Crippen molar-refractivity contribution in [1.82, 2.24) is 10.3 Å². The molecule has 1 saturated carbocycles. The Balaban J connectivity index is 1.42. The monoisotopic (exact) mass is 390 g/mol. The second kappa shape index (κ2) is 8.06. The molecule has 5 nitrogen and oxygen atoms in total. The average Bonchev–Trinajstić information content (AvgIpc) is 3.08. The Morgan fingerprint density at radius 3 is 2.88 bits per heavy atom. The van der Waals surface area contributed by atoms with Gasteiger partial charge >= 0.3 is 0 Å². The van der Waals surface area contributed by atoms with Crippen molar-refractivity contribution in [3.63, 3.8) is 0 Å². The van der Waals surface area contributed by atoms with Gasteiger partial charge < -0.3 is 20.3 Å². The van der Waals surface area contributed by atoms with E-state index in [9.17, 15) is 0 Å². The number of thiazole rings is 1. The van der Waals surface area contributed by atoms with E-state index in [2.05, 4.69) is 40.7 Å². The maximum atomic E-state index is 5.54. The molecule has 2 fully saturated rings. The Labute approximate surface area is 164 Å². The van der Waals surface area contributed by atoms with Crippen LogP contribution in [-0.4, -0.2) is 42.4 Å². The molecule has 7 heteroatoms. The predicted molar refractivity (Wildman–Crippen MR) is 113 cm³/mol. The van der Waals surface area contributed by atoms with Gasteiger partial charge in [-0.15, -0.1) is 0 Å². The fourth-order valence-electron chi connectivity index (χ4n) is 3.75. The van der Waals surface area contributed by atoms with E-state index in [1.807, 2.05) is 0 Å². The number of nitrogens with one attached hydrogen (secondary N) is 2. The van der Waals surface area contributed by atoms with Crippen LogP contribution in [0.5, 0.6) is 0 Å². The number of fused-ring (bicyclic) bond motifs is 1. The van der Waals surface area contributed by atoms with Gasteiger partial charge in [0.25, 0.3) is 0 Å². The van der Waals surface area contributed by atoms with E-state index in [0.29, 0.717) is 12.0 Å². The zero-order valence-corrected chi connectivity index (χ0v) is 16.8. The molecule has 0 spiro atoms. The summed E-state index contributed by atoms with van der Waals surface area (Å²) in [4.78, 5) is 7.08. The van der Waals surface area contributed by atoms with Crippen LogP contribution in [0.3, 0.4) is 0 Å². The average molecular weight is 391 g/mol. The van der Waals surface area contributed by atoms with Crippen LogP contribution in [0.4, 0.5) is 10.8 Å². The molecule has 0 radical (unpaired) electrons. The van der Waals surface area contributed by atoms with E-state index in [1.54, 1.807) is 11.3 Å². The summed E-state index contributed by atoms with van der Waals surface area (Å²) in [6.45, 7) is 5.71. The van der Waals surface area contributed by atoms with Crippen molar-refractivity contribution in [3.05, 3.63) is 18.2 Å². The number of morpholine rings is 1. The maximum Gasteiger partial charge on any atom is 0.186 e. The number of hydrogen-bond acceptors (Lipinski definition) is 5. The van der Waals surface area contributed by atoms with Crippen molar-refractivity contribution in [2.75, 3.05) is 36.5 Å². The molecule has 2 aromatic rings. The van der Waals surface area contributed by atoms with Gasteiger partial charge in [-0.05, 0) is 49.2 Å². The van der Waals surface area contributed by atoms with E-state index < -0.39 is 0 Å². The highest BCUT2D eigenvalue weighted by molar-refractivity contribution is 7.80. The molecular formula is C19H26N4OS2. The number of nitrogens with zero attached hydrogens (tertiary/aromatic N) is 2. The van der Waals surface area contributed by atoms with Crippen molar-refractivity contribution in [2.45, 2.75) is 38.6 Å². The van der Waals surface area contributed by atoms with Gasteiger partial charge in [-0.2, -0.15) is 0 Å². The Morgan fingerprint density at radius 2 is 2.08 bits per heavy atom. The molecule has 2 atom stereocenters. The topological polar surface area (TPSA) is 49.4 Å². The molecule has 1 aliphatic carbocycles. The lowest BCUT2D eigenvalue weighted by molar-refractivity contribution is 0.122. The minimum atomic E-state index is 0.490. The summed E-state index contributed by atoms with van der Waals surface area (Å²) in [5.41, 5.74) is 2.07. The lowest BCUT2D eigenvalue weighted by atomic mass is 9.86. The molecular weight excluding hydrogens is 364 g/mol. The number of hydrogen-bond donors (Lipinski definition) is 2. The number of rotatable bonds is 3. The summed E-state index contributed by atoms with van der Waals surface area (Å²) < 4.78 is 6.62. The lowest BCUT2D eigenvalue weighted by Gasteiger charge is -2.30. The van der Waals surface area contributed by atoms with E-state index in [4.69, 9.17) is 21.9 Å². The van der Waals surface area contributed by atoms with Gasteiger partial charge in [0.05, 0.1) is 23.4 Å². The molecule has 0 bridgehead atoms. The normalized spacial score (nSPS) is 23.8. The van der Waals surface area contributed by atoms with Crippen LogP contribution in [0.1, 0.15) is 32.6 Å². The van der Waals surface area contributed by atoms with Gasteiger partial charge in [0.2, 0.25) is 0 Å². The molecule has 2 heterocycles. The van der Waals surface area contributed by atoms with Gasteiger partial charge in [0.15, 0.2) is 10.2 Å². The van der Waals surface area contributed by atoms with E-state index in [0.717, 1.165) is 47.8 Å². The first-order valence-electron chi connectivity index (χ1n) is 9.50. The summed E-state index contributed by atoms with van der Waals surface area (Å²) >= 11 is 7.28. The number of aromatic nitrogens is 1. The number of ether oxygens (including phenoxy) is 1. The third-order valence-corrected chi connectivity index (χ3v) is 6.64. The molecule has 2 aliphatic rings. The van der Waals surface area contributed by atoms with Crippen LogP contribution in [0.25, 0.3) is 10.2 Å². The highest BCUT2D eigenvalue weighted by Gasteiger charge is 2.21. The van der Waals surface area contributed by atoms with Crippen molar-refractivity contribution >= 4 is 49.7 Å². The summed E-state index contributed by atoms with van der Waals surface area (Å²) in [6.07, 6.45) is 5.13. The van der Waals surface area contributed by atoms with Crippen LogP contribution in [0.15, 0.2) is 18.2 Å². The Kier molecular flexibility index (Phi) is 5.57. The molecule has 0 amide bonds. The van der Waals surface area contributed by atoms with Gasteiger partial charge in [-0.25, -0.2) is 4.98 Å². The van der Waals surface area contributed by atoms with Gasteiger partial charge in [-0.1, -0.05) is 31.1 Å². The Bertz CT molecular complexity index is 772. The minimum Gasteiger partial charge on any atom is -0.378 e. The first-order chi connectivity index (χ1) is 12.7. The van der Waals surface area contributed by atoms with E-state index in [-0.39, 0.29) is 0 Å². The summed E-state index contributed by atoms with van der Waals surface area (Å²) in [6, 6.07) is 6.77. The van der Waals surface area contributed by atoms with Crippen LogP contribution in [0.2, 0.25) is 0 Å². The van der Waals surface area contributed by atoms with Gasteiger partial charge in [-0.3, -0.25) is 0 Å². The molecule has 4 rings (SSSR count). The van der Waals surface area contributed by atoms with Crippen LogP contribution >= 0.6 is 23.6 Å². The molecule has 2 N–H and O–H groups in total. The zero-order valence-electron chi connectivity index (χ0n) is 15.2. The van der Waals surface area contributed by atoms with Crippen molar-refractivity contribution in [3.8, 4) is 0 Å².